The topological polar surface area (TPSA) is 93.5 Å². The molecule has 1 saturated carbocycles. The van der Waals surface area contributed by atoms with Crippen LogP contribution in [-0.4, -0.2) is 46.3 Å². The molecule has 4 rings (SSSR count). The zero-order valence-electron chi connectivity index (χ0n) is 20.5. The molecule has 0 radical (unpaired) electrons. The lowest BCUT2D eigenvalue weighted by molar-refractivity contribution is -0.127. The van der Waals surface area contributed by atoms with Crippen LogP contribution in [0.2, 0.25) is 0 Å². The van der Waals surface area contributed by atoms with Crippen molar-refractivity contribution in [2.75, 3.05) is 12.0 Å². The predicted molar refractivity (Wildman–Crippen MR) is 129 cm³/mol. The molecule has 2 heterocycles. The third-order valence-electron chi connectivity index (χ3n) is 7.23. The van der Waals surface area contributed by atoms with Crippen molar-refractivity contribution < 1.29 is 19.1 Å². The van der Waals surface area contributed by atoms with E-state index in [1.54, 1.807) is 11.8 Å². The summed E-state index contributed by atoms with van der Waals surface area (Å²) in [6, 6.07) is 7.29. The highest BCUT2D eigenvalue weighted by molar-refractivity contribution is 6.12. The SMILES string of the molecule is COC(=O)c1cc2n(n1)C[C@](C)(C(=O)NC1CCCCCCC1)N(c1ccc(C)c(C)c1)C2=O. The first kappa shape index (κ1) is 24.0. The second kappa shape index (κ2) is 9.60. The van der Waals surface area contributed by atoms with Gasteiger partial charge in [-0.2, -0.15) is 5.10 Å². The quantitative estimate of drug-likeness (QED) is 0.689. The fraction of sp³-hybridized carbons (Fsp3) is 0.538. The van der Waals surface area contributed by atoms with Crippen LogP contribution in [0.25, 0.3) is 0 Å². The molecule has 2 amide bonds. The average molecular weight is 467 g/mol. The molecule has 1 aliphatic heterocycles. The molecule has 2 aliphatic rings. The molecular formula is C26H34N4O4. The third kappa shape index (κ3) is 4.45. The lowest BCUT2D eigenvalue weighted by Gasteiger charge is -2.44. The lowest BCUT2D eigenvalue weighted by Crippen LogP contribution is -2.65. The number of hydrogen-bond donors (Lipinski definition) is 1. The van der Waals surface area contributed by atoms with Gasteiger partial charge in [0, 0.05) is 17.8 Å². The van der Waals surface area contributed by atoms with Crippen LogP contribution in [-0.2, 0) is 16.1 Å². The van der Waals surface area contributed by atoms with Crippen molar-refractivity contribution in [3.8, 4) is 0 Å². The van der Waals surface area contributed by atoms with Crippen LogP contribution in [0, 0.1) is 13.8 Å². The number of ether oxygens (including phenoxy) is 1. The first-order valence-corrected chi connectivity index (χ1v) is 12.1. The molecule has 1 aliphatic carbocycles. The third-order valence-corrected chi connectivity index (χ3v) is 7.23. The first-order chi connectivity index (χ1) is 16.2. The van der Waals surface area contributed by atoms with E-state index < -0.39 is 11.5 Å². The normalized spacial score (nSPS) is 21.4. The Labute approximate surface area is 200 Å². The molecule has 1 fully saturated rings. The number of carbonyl (C=O) groups is 3. The van der Waals surface area contributed by atoms with Gasteiger partial charge < -0.3 is 10.1 Å². The summed E-state index contributed by atoms with van der Waals surface area (Å²) in [4.78, 5) is 41.3. The summed E-state index contributed by atoms with van der Waals surface area (Å²) in [6.45, 7) is 5.91. The van der Waals surface area contributed by atoms with E-state index in [4.69, 9.17) is 4.74 Å². The van der Waals surface area contributed by atoms with E-state index in [1.807, 2.05) is 32.0 Å². The summed E-state index contributed by atoms with van der Waals surface area (Å²) < 4.78 is 6.25. The maximum Gasteiger partial charge on any atom is 0.358 e. The Bertz CT molecular complexity index is 1100. The maximum absolute atomic E-state index is 13.8. The molecule has 34 heavy (non-hydrogen) atoms. The first-order valence-electron chi connectivity index (χ1n) is 12.1. The number of nitrogens with zero attached hydrogens (tertiary/aromatic N) is 3. The molecule has 1 atom stereocenters. The second-order valence-electron chi connectivity index (χ2n) is 9.76. The minimum atomic E-state index is -1.21. The van der Waals surface area contributed by atoms with E-state index in [0.717, 1.165) is 36.8 Å². The van der Waals surface area contributed by atoms with Gasteiger partial charge in [-0.25, -0.2) is 4.79 Å². The highest BCUT2D eigenvalue weighted by Gasteiger charge is 2.49. The Morgan fingerprint density at radius 3 is 2.38 bits per heavy atom. The number of esters is 1. The molecule has 8 heteroatoms. The summed E-state index contributed by atoms with van der Waals surface area (Å²) in [5.74, 6) is -1.19. The molecule has 0 bridgehead atoms. The number of amides is 2. The summed E-state index contributed by atoms with van der Waals surface area (Å²) in [5, 5.41) is 7.55. The van der Waals surface area contributed by atoms with Gasteiger partial charge in [-0.05, 0) is 56.9 Å². The average Bonchev–Trinajstić information content (AvgIpc) is 3.21. The highest BCUT2D eigenvalue weighted by Crippen LogP contribution is 2.34. The fourth-order valence-electron chi connectivity index (χ4n) is 5.00. The fourth-order valence-corrected chi connectivity index (χ4v) is 5.00. The number of carbonyl (C=O) groups excluding carboxylic acids is 3. The smallest absolute Gasteiger partial charge is 0.358 e. The zero-order valence-corrected chi connectivity index (χ0v) is 20.5. The molecule has 0 saturated heterocycles. The van der Waals surface area contributed by atoms with Crippen LogP contribution in [0.4, 0.5) is 5.69 Å². The number of hydrogen-bond acceptors (Lipinski definition) is 5. The van der Waals surface area contributed by atoms with Crippen molar-refractivity contribution in [3.05, 3.63) is 46.8 Å². The number of rotatable bonds is 4. The van der Waals surface area contributed by atoms with Crippen molar-refractivity contribution in [2.45, 2.75) is 83.8 Å². The molecule has 0 spiro atoms. The number of nitrogens with one attached hydrogen (secondary N) is 1. The number of aromatic nitrogens is 2. The van der Waals surface area contributed by atoms with Gasteiger partial charge in [-0.1, -0.05) is 38.2 Å². The van der Waals surface area contributed by atoms with Crippen LogP contribution < -0.4 is 10.2 Å². The highest BCUT2D eigenvalue weighted by atomic mass is 16.5. The minimum absolute atomic E-state index is 0.0514. The molecule has 0 unspecified atom stereocenters. The maximum atomic E-state index is 13.8. The molecular weight excluding hydrogens is 432 g/mol. The summed E-state index contributed by atoms with van der Waals surface area (Å²) >= 11 is 0. The van der Waals surface area contributed by atoms with Crippen molar-refractivity contribution in [1.82, 2.24) is 15.1 Å². The van der Waals surface area contributed by atoms with Crippen LogP contribution in [0.15, 0.2) is 24.3 Å². The van der Waals surface area contributed by atoms with Crippen LogP contribution in [0.1, 0.15) is 84.0 Å². The number of anilines is 1. The Morgan fingerprint density at radius 2 is 1.74 bits per heavy atom. The summed E-state index contributed by atoms with van der Waals surface area (Å²) in [5.41, 5.74) is 1.88. The summed E-state index contributed by atoms with van der Waals surface area (Å²) in [6.07, 6.45) is 7.68. The second-order valence-corrected chi connectivity index (χ2v) is 9.76. The Kier molecular flexibility index (Phi) is 6.77. The van der Waals surface area contributed by atoms with Gasteiger partial charge in [0.1, 0.15) is 11.2 Å². The van der Waals surface area contributed by atoms with Crippen molar-refractivity contribution >= 4 is 23.5 Å². The number of fused-ring (bicyclic) bond motifs is 1. The van der Waals surface area contributed by atoms with E-state index >= 15 is 0 Å². The van der Waals surface area contributed by atoms with E-state index in [9.17, 15) is 14.4 Å². The predicted octanol–water partition coefficient (Wildman–Crippen LogP) is 3.93. The van der Waals surface area contributed by atoms with Gasteiger partial charge in [0.2, 0.25) is 5.91 Å². The number of benzene rings is 1. The van der Waals surface area contributed by atoms with Crippen molar-refractivity contribution in [1.29, 1.82) is 0 Å². The van der Waals surface area contributed by atoms with Gasteiger partial charge in [-0.15, -0.1) is 0 Å². The van der Waals surface area contributed by atoms with Crippen LogP contribution >= 0.6 is 0 Å². The monoisotopic (exact) mass is 466 g/mol. The van der Waals surface area contributed by atoms with Crippen LogP contribution in [0.3, 0.4) is 0 Å². The van der Waals surface area contributed by atoms with E-state index in [1.165, 1.54) is 37.1 Å². The van der Waals surface area contributed by atoms with Crippen molar-refractivity contribution in [2.24, 2.45) is 0 Å². The Balaban J connectivity index is 1.74. The van der Waals surface area contributed by atoms with Crippen LogP contribution in [0.5, 0.6) is 0 Å². The standard InChI is InChI=1S/C26H34N4O4/c1-17-12-13-20(14-18(17)2)30-23(31)22-15-21(24(32)34-4)28-29(22)16-26(30,3)25(33)27-19-10-8-6-5-7-9-11-19/h12-15,19H,5-11,16H2,1-4H3,(H,27,33)/t26-/m1/s1. The molecule has 1 aromatic carbocycles. The molecule has 1 aromatic heterocycles. The Hall–Kier alpha value is -3.16. The molecule has 1 N–H and O–H groups in total. The van der Waals surface area contributed by atoms with E-state index in [0.29, 0.717) is 5.69 Å². The minimum Gasteiger partial charge on any atom is -0.464 e. The van der Waals surface area contributed by atoms with E-state index in [2.05, 4.69) is 10.4 Å². The summed E-state index contributed by atoms with van der Waals surface area (Å²) in [7, 11) is 1.27. The van der Waals surface area contributed by atoms with Gasteiger partial charge in [-0.3, -0.25) is 19.2 Å². The molecule has 182 valence electrons. The van der Waals surface area contributed by atoms with Gasteiger partial charge in [0.25, 0.3) is 5.91 Å². The number of aryl methyl sites for hydroxylation is 2. The largest absolute Gasteiger partial charge is 0.464 e. The molecule has 2 aromatic rings. The zero-order chi connectivity index (χ0) is 24.5. The van der Waals surface area contributed by atoms with Gasteiger partial charge in [0.15, 0.2) is 5.69 Å². The van der Waals surface area contributed by atoms with Gasteiger partial charge in [0.05, 0.1) is 13.7 Å². The number of methoxy groups -OCH3 is 1. The van der Waals surface area contributed by atoms with E-state index in [-0.39, 0.29) is 35.8 Å². The van der Waals surface area contributed by atoms with Gasteiger partial charge >= 0.3 is 5.97 Å². The Morgan fingerprint density at radius 1 is 1.06 bits per heavy atom. The van der Waals surface area contributed by atoms with Crippen molar-refractivity contribution in [3.63, 3.8) is 0 Å². The lowest BCUT2D eigenvalue weighted by atomic mass is 9.91. The molecule has 8 nitrogen and oxygen atoms in total.